The van der Waals surface area contributed by atoms with E-state index in [4.69, 9.17) is 0 Å². The van der Waals surface area contributed by atoms with Crippen molar-refractivity contribution < 1.29 is 9.18 Å². The van der Waals surface area contributed by atoms with Crippen molar-refractivity contribution in [2.75, 3.05) is 31.1 Å². The number of amides is 1. The van der Waals surface area contributed by atoms with Gasteiger partial charge in [0.05, 0.1) is 4.70 Å². The minimum absolute atomic E-state index is 0.114. The maximum absolute atomic E-state index is 14.0. The van der Waals surface area contributed by atoms with Crippen molar-refractivity contribution in [3.05, 3.63) is 59.9 Å². The van der Waals surface area contributed by atoms with Crippen LogP contribution in [-0.4, -0.2) is 42.0 Å². The highest BCUT2D eigenvalue weighted by molar-refractivity contribution is 7.22. The van der Waals surface area contributed by atoms with Crippen LogP contribution in [0, 0.1) is 5.82 Å². The first kappa shape index (κ1) is 18.5. The summed E-state index contributed by atoms with van der Waals surface area (Å²) in [5.74, 6) is -0.474. The molecule has 0 aliphatic heterocycles. The number of fused-ring (bicyclic) bond motifs is 1. The Balaban J connectivity index is 1.95. The summed E-state index contributed by atoms with van der Waals surface area (Å²) < 4.78 is 14.8. The Labute approximate surface area is 156 Å². The third kappa shape index (κ3) is 3.92. The first-order chi connectivity index (χ1) is 12.6. The maximum atomic E-state index is 14.0. The number of likely N-dealkylation sites (N-methyl/N-ethyl adjacent to an activating group) is 1. The molecule has 4 nitrogen and oxygen atoms in total. The molecule has 0 saturated heterocycles. The van der Waals surface area contributed by atoms with Crippen LogP contribution in [0.15, 0.2) is 48.5 Å². The number of hydrogen-bond donors (Lipinski definition) is 0. The molecule has 3 rings (SSSR count). The topological polar surface area (TPSA) is 36.4 Å². The summed E-state index contributed by atoms with van der Waals surface area (Å²) in [6.07, 6.45) is 0. The van der Waals surface area contributed by atoms with Crippen LogP contribution in [0.3, 0.4) is 0 Å². The van der Waals surface area contributed by atoms with Crippen LogP contribution in [0.4, 0.5) is 9.52 Å². The van der Waals surface area contributed by atoms with E-state index in [1.807, 2.05) is 24.3 Å². The molecule has 3 aromatic rings. The minimum Gasteiger partial charge on any atom is -0.302 e. The normalized spacial score (nSPS) is 11.2. The van der Waals surface area contributed by atoms with Crippen molar-refractivity contribution >= 4 is 32.6 Å². The molecular weight excluding hydrogens is 349 g/mol. The number of thiazole rings is 1. The lowest BCUT2D eigenvalue weighted by atomic mass is 10.2. The van der Waals surface area contributed by atoms with E-state index in [9.17, 15) is 9.18 Å². The number of carbonyl (C=O) groups excluding carboxylic acids is 1. The van der Waals surface area contributed by atoms with Crippen LogP contribution >= 0.6 is 11.3 Å². The predicted octanol–water partition coefficient (Wildman–Crippen LogP) is 4.42. The largest absolute Gasteiger partial charge is 0.302 e. The van der Waals surface area contributed by atoms with Gasteiger partial charge in [0.1, 0.15) is 11.3 Å². The van der Waals surface area contributed by atoms with E-state index < -0.39 is 0 Å². The number of aromatic nitrogens is 1. The first-order valence-corrected chi connectivity index (χ1v) is 9.60. The fraction of sp³-hybridized carbons (Fsp3) is 0.300. The highest BCUT2D eigenvalue weighted by atomic mass is 32.1. The zero-order valence-corrected chi connectivity index (χ0v) is 15.8. The van der Waals surface area contributed by atoms with Gasteiger partial charge in [-0.25, -0.2) is 9.37 Å². The van der Waals surface area contributed by atoms with Gasteiger partial charge < -0.3 is 4.90 Å². The molecular formula is C20H22FN3OS. The maximum Gasteiger partial charge on any atom is 0.260 e. The van der Waals surface area contributed by atoms with Crippen molar-refractivity contribution in [1.29, 1.82) is 0 Å². The van der Waals surface area contributed by atoms with Gasteiger partial charge in [-0.3, -0.25) is 9.69 Å². The van der Waals surface area contributed by atoms with Crippen LogP contribution in [0.2, 0.25) is 0 Å². The number of anilines is 1. The van der Waals surface area contributed by atoms with E-state index in [1.54, 1.807) is 23.1 Å². The Bertz CT molecular complexity index is 877. The second-order valence-corrected chi connectivity index (χ2v) is 6.94. The van der Waals surface area contributed by atoms with Crippen molar-refractivity contribution in [1.82, 2.24) is 9.88 Å². The Morgan fingerprint density at radius 1 is 1.04 bits per heavy atom. The Morgan fingerprint density at radius 3 is 2.42 bits per heavy atom. The predicted molar refractivity (Wildman–Crippen MR) is 105 cm³/mol. The number of nitrogens with zero attached hydrogens (tertiary/aromatic N) is 3. The molecule has 0 fully saturated rings. The van der Waals surface area contributed by atoms with Gasteiger partial charge in [-0.15, -0.1) is 0 Å². The summed E-state index contributed by atoms with van der Waals surface area (Å²) in [7, 11) is 0. The summed E-state index contributed by atoms with van der Waals surface area (Å²) in [6.45, 7) is 7.28. The molecule has 0 atom stereocenters. The van der Waals surface area contributed by atoms with Crippen LogP contribution in [-0.2, 0) is 0 Å². The highest BCUT2D eigenvalue weighted by Crippen LogP contribution is 2.31. The Morgan fingerprint density at radius 2 is 1.77 bits per heavy atom. The van der Waals surface area contributed by atoms with Crippen molar-refractivity contribution in [3.8, 4) is 0 Å². The molecule has 0 saturated carbocycles. The third-order valence-corrected chi connectivity index (χ3v) is 5.43. The van der Waals surface area contributed by atoms with E-state index in [2.05, 4.69) is 23.7 Å². The summed E-state index contributed by atoms with van der Waals surface area (Å²) in [5.41, 5.74) is 0.924. The number of carbonyl (C=O) groups is 1. The smallest absolute Gasteiger partial charge is 0.260 e. The summed E-state index contributed by atoms with van der Waals surface area (Å²) in [6, 6.07) is 14.0. The third-order valence-electron chi connectivity index (χ3n) is 4.39. The highest BCUT2D eigenvalue weighted by Gasteiger charge is 2.22. The van der Waals surface area contributed by atoms with E-state index in [1.165, 1.54) is 17.4 Å². The fourth-order valence-electron chi connectivity index (χ4n) is 2.82. The van der Waals surface area contributed by atoms with Gasteiger partial charge in [0.15, 0.2) is 5.13 Å². The van der Waals surface area contributed by atoms with Gasteiger partial charge in [-0.2, -0.15) is 0 Å². The van der Waals surface area contributed by atoms with Gasteiger partial charge in [0, 0.05) is 18.7 Å². The molecule has 0 spiro atoms. The monoisotopic (exact) mass is 371 g/mol. The molecule has 1 heterocycles. The number of halogens is 1. The second kappa shape index (κ2) is 8.38. The molecule has 6 heteroatoms. The summed E-state index contributed by atoms with van der Waals surface area (Å²) >= 11 is 1.34. The number of benzene rings is 2. The lowest BCUT2D eigenvalue weighted by molar-refractivity contribution is 0.0984. The van der Waals surface area contributed by atoms with E-state index >= 15 is 0 Å². The standard InChI is InChI=1S/C20H22FN3OS/c1-3-23(4-2)13-14-24(19(25)15-9-6-5-7-10-15)20-22-18-16(21)11-8-12-17(18)26-20/h5-12H,3-4,13-14H2,1-2H3. The minimum atomic E-state index is -0.360. The lowest BCUT2D eigenvalue weighted by Crippen LogP contribution is -2.38. The van der Waals surface area contributed by atoms with Crippen molar-refractivity contribution in [2.45, 2.75) is 13.8 Å². The average molecular weight is 371 g/mol. The summed E-state index contributed by atoms with van der Waals surface area (Å²) in [4.78, 5) is 21.4. The molecule has 0 aliphatic carbocycles. The van der Waals surface area contributed by atoms with Gasteiger partial charge in [0.25, 0.3) is 5.91 Å². The van der Waals surface area contributed by atoms with Gasteiger partial charge in [0.2, 0.25) is 0 Å². The van der Waals surface area contributed by atoms with E-state index in [0.717, 1.165) is 24.3 Å². The Kier molecular flexibility index (Phi) is 5.96. The van der Waals surface area contributed by atoms with Crippen LogP contribution in [0.25, 0.3) is 10.2 Å². The number of rotatable bonds is 7. The average Bonchev–Trinajstić information content (AvgIpc) is 3.11. The Hall–Kier alpha value is -2.31. The summed E-state index contributed by atoms with van der Waals surface area (Å²) in [5, 5.41) is 0.533. The molecule has 0 N–H and O–H groups in total. The number of para-hydroxylation sites is 1. The molecule has 2 aromatic carbocycles. The van der Waals surface area contributed by atoms with Crippen LogP contribution in [0.1, 0.15) is 24.2 Å². The first-order valence-electron chi connectivity index (χ1n) is 8.78. The molecule has 1 aromatic heterocycles. The zero-order chi connectivity index (χ0) is 18.5. The van der Waals surface area contributed by atoms with Crippen LogP contribution in [0.5, 0.6) is 0 Å². The molecule has 26 heavy (non-hydrogen) atoms. The van der Waals surface area contributed by atoms with Gasteiger partial charge >= 0.3 is 0 Å². The number of hydrogen-bond acceptors (Lipinski definition) is 4. The van der Waals surface area contributed by atoms with Gasteiger partial charge in [-0.1, -0.05) is 49.4 Å². The van der Waals surface area contributed by atoms with E-state index in [-0.39, 0.29) is 11.7 Å². The molecule has 0 aliphatic rings. The van der Waals surface area contributed by atoms with Crippen LogP contribution < -0.4 is 4.90 Å². The molecule has 136 valence electrons. The molecule has 1 amide bonds. The zero-order valence-electron chi connectivity index (χ0n) is 15.0. The van der Waals surface area contributed by atoms with Gasteiger partial charge in [-0.05, 0) is 37.4 Å². The quantitative estimate of drug-likeness (QED) is 0.617. The lowest BCUT2D eigenvalue weighted by Gasteiger charge is -2.24. The van der Waals surface area contributed by atoms with Crippen molar-refractivity contribution in [2.24, 2.45) is 0 Å². The molecule has 0 bridgehead atoms. The SMILES string of the molecule is CCN(CC)CCN(C(=O)c1ccccc1)c1nc2c(F)cccc2s1. The fourth-order valence-corrected chi connectivity index (χ4v) is 3.83. The molecule has 0 radical (unpaired) electrons. The second-order valence-electron chi connectivity index (χ2n) is 5.93. The van der Waals surface area contributed by atoms with E-state index in [0.29, 0.717) is 22.8 Å². The molecule has 0 unspecified atom stereocenters. The van der Waals surface area contributed by atoms with Crippen molar-refractivity contribution in [3.63, 3.8) is 0 Å².